The normalized spacial score (nSPS) is 26.2. The molecule has 0 aromatic heterocycles. The number of rotatable bonds is 2. The number of hydrogen-bond donors (Lipinski definition) is 1. The maximum absolute atomic E-state index is 12.4. The molecule has 1 heterocycles. The standard InChI is InChI=1S/C12H17ClN2O2S/c1-9-8-15(7-6-12(9)14)18(16,17)11-4-2-10(13)3-5-11/h2-5,9,12H,6-8,14H2,1H3. The van der Waals surface area contributed by atoms with Crippen LogP contribution in [0.25, 0.3) is 0 Å². The average molecular weight is 289 g/mol. The zero-order valence-corrected chi connectivity index (χ0v) is 11.8. The van der Waals surface area contributed by atoms with Crippen molar-refractivity contribution in [1.82, 2.24) is 4.31 Å². The summed E-state index contributed by atoms with van der Waals surface area (Å²) in [6, 6.07) is 6.34. The Morgan fingerprint density at radius 2 is 1.94 bits per heavy atom. The van der Waals surface area contributed by atoms with Crippen molar-refractivity contribution >= 4 is 21.6 Å². The van der Waals surface area contributed by atoms with E-state index in [1.807, 2.05) is 6.92 Å². The lowest BCUT2D eigenvalue weighted by molar-refractivity contribution is 0.250. The van der Waals surface area contributed by atoms with Gasteiger partial charge in [-0.25, -0.2) is 8.42 Å². The van der Waals surface area contributed by atoms with E-state index in [4.69, 9.17) is 17.3 Å². The van der Waals surface area contributed by atoms with E-state index in [9.17, 15) is 8.42 Å². The summed E-state index contributed by atoms with van der Waals surface area (Å²) >= 11 is 5.76. The highest BCUT2D eigenvalue weighted by Gasteiger charge is 2.31. The van der Waals surface area contributed by atoms with E-state index in [0.29, 0.717) is 24.5 Å². The van der Waals surface area contributed by atoms with Gasteiger partial charge in [-0.2, -0.15) is 4.31 Å². The first-order chi connectivity index (χ1) is 8.41. The van der Waals surface area contributed by atoms with E-state index in [2.05, 4.69) is 0 Å². The van der Waals surface area contributed by atoms with Crippen molar-refractivity contribution in [3.8, 4) is 0 Å². The summed E-state index contributed by atoms with van der Waals surface area (Å²) in [5.41, 5.74) is 5.90. The second-order valence-electron chi connectivity index (χ2n) is 4.75. The predicted molar refractivity (Wildman–Crippen MR) is 72.0 cm³/mol. The van der Waals surface area contributed by atoms with Gasteiger partial charge in [0.2, 0.25) is 10.0 Å². The van der Waals surface area contributed by atoms with Crippen LogP contribution in [-0.4, -0.2) is 31.9 Å². The fourth-order valence-corrected chi connectivity index (χ4v) is 3.78. The Morgan fingerprint density at radius 3 is 2.50 bits per heavy atom. The molecule has 1 aromatic rings. The number of piperidine rings is 1. The minimum atomic E-state index is -3.42. The van der Waals surface area contributed by atoms with Crippen molar-refractivity contribution < 1.29 is 8.42 Å². The summed E-state index contributed by atoms with van der Waals surface area (Å²) < 4.78 is 26.3. The zero-order valence-electron chi connectivity index (χ0n) is 10.2. The van der Waals surface area contributed by atoms with Crippen molar-refractivity contribution in [2.24, 2.45) is 11.7 Å². The highest BCUT2D eigenvalue weighted by Crippen LogP contribution is 2.23. The van der Waals surface area contributed by atoms with Crippen molar-refractivity contribution in [3.63, 3.8) is 0 Å². The molecule has 1 fully saturated rings. The van der Waals surface area contributed by atoms with Gasteiger partial charge in [0.1, 0.15) is 0 Å². The van der Waals surface area contributed by atoms with E-state index in [-0.39, 0.29) is 16.9 Å². The van der Waals surface area contributed by atoms with Crippen molar-refractivity contribution in [2.75, 3.05) is 13.1 Å². The molecular weight excluding hydrogens is 272 g/mol. The molecule has 0 saturated carbocycles. The van der Waals surface area contributed by atoms with Crippen LogP contribution in [0, 0.1) is 5.92 Å². The summed E-state index contributed by atoms with van der Waals surface area (Å²) in [6.45, 7) is 2.94. The van der Waals surface area contributed by atoms with Crippen LogP contribution in [0.5, 0.6) is 0 Å². The third-order valence-electron chi connectivity index (χ3n) is 3.39. The monoisotopic (exact) mass is 288 g/mol. The molecule has 2 rings (SSSR count). The molecule has 0 radical (unpaired) electrons. The quantitative estimate of drug-likeness (QED) is 0.901. The topological polar surface area (TPSA) is 63.4 Å². The van der Waals surface area contributed by atoms with Gasteiger partial charge in [0.25, 0.3) is 0 Å². The average Bonchev–Trinajstić information content (AvgIpc) is 2.33. The lowest BCUT2D eigenvalue weighted by atomic mass is 9.96. The summed E-state index contributed by atoms with van der Waals surface area (Å²) in [5, 5.41) is 0.531. The van der Waals surface area contributed by atoms with E-state index in [0.717, 1.165) is 0 Å². The van der Waals surface area contributed by atoms with Gasteiger partial charge in [-0.1, -0.05) is 18.5 Å². The number of hydrogen-bond acceptors (Lipinski definition) is 3. The zero-order chi connectivity index (χ0) is 13.3. The molecule has 0 bridgehead atoms. The van der Waals surface area contributed by atoms with Gasteiger partial charge in [-0.3, -0.25) is 0 Å². The number of benzene rings is 1. The molecule has 1 aliphatic heterocycles. The molecule has 0 spiro atoms. The molecule has 6 heteroatoms. The first-order valence-electron chi connectivity index (χ1n) is 5.92. The SMILES string of the molecule is CC1CN(S(=O)(=O)c2ccc(Cl)cc2)CCC1N. The number of sulfonamides is 1. The molecule has 4 nitrogen and oxygen atoms in total. The first-order valence-corrected chi connectivity index (χ1v) is 7.74. The van der Waals surface area contributed by atoms with Gasteiger partial charge in [-0.05, 0) is 36.6 Å². The lowest BCUT2D eigenvalue weighted by Gasteiger charge is -2.34. The third-order valence-corrected chi connectivity index (χ3v) is 5.52. The van der Waals surface area contributed by atoms with Gasteiger partial charge in [-0.15, -0.1) is 0 Å². The second kappa shape index (κ2) is 5.17. The van der Waals surface area contributed by atoms with E-state index >= 15 is 0 Å². The van der Waals surface area contributed by atoms with Crippen LogP contribution in [-0.2, 0) is 10.0 Å². The van der Waals surface area contributed by atoms with Gasteiger partial charge in [0.05, 0.1) is 4.90 Å². The summed E-state index contributed by atoms with van der Waals surface area (Å²) in [6.07, 6.45) is 0.702. The van der Waals surface area contributed by atoms with Crippen LogP contribution >= 0.6 is 11.6 Å². The molecule has 18 heavy (non-hydrogen) atoms. The Morgan fingerprint density at radius 1 is 1.33 bits per heavy atom. The fourth-order valence-electron chi connectivity index (χ4n) is 2.10. The maximum atomic E-state index is 12.4. The Balaban J connectivity index is 2.24. The van der Waals surface area contributed by atoms with E-state index in [1.54, 1.807) is 12.1 Å². The molecule has 2 atom stereocenters. The van der Waals surface area contributed by atoms with Gasteiger partial charge in [0.15, 0.2) is 0 Å². The van der Waals surface area contributed by atoms with Crippen LogP contribution in [0.15, 0.2) is 29.2 Å². The predicted octanol–water partition coefficient (Wildman–Crippen LogP) is 1.70. The molecule has 0 aliphatic carbocycles. The van der Waals surface area contributed by atoms with Gasteiger partial charge in [0, 0.05) is 24.2 Å². The number of nitrogens with zero attached hydrogens (tertiary/aromatic N) is 1. The third kappa shape index (κ3) is 2.69. The smallest absolute Gasteiger partial charge is 0.243 e. The highest BCUT2D eigenvalue weighted by atomic mass is 35.5. The molecular formula is C12H17ClN2O2S. The molecule has 2 unspecified atom stereocenters. The Bertz CT molecular complexity index is 515. The number of nitrogens with two attached hydrogens (primary N) is 1. The summed E-state index contributed by atoms with van der Waals surface area (Å²) in [7, 11) is -3.42. The number of halogens is 1. The van der Waals surface area contributed by atoms with E-state index < -0.39 is 10.0 Å². The second-order valence-corrected chi connectivity index (χ2v) is 7.12. The van der Waals surface area contributed by atoms with Crippen LogP contribution in [0.4, 0.5) is 0 Å². The molecule has 100 valence electrons. The van der Waals surface area contributed by atoms with E-state index in [1.165, 1.54) is 16.4 Å². The highest BCUT2D eigenvalue weighted by molar-refractivity contribution is 7.89. The van der Waals surface area contributed by atoms with Crippen molar-refractivity contribution in [3.05, 3.63) is 29.3 Å². The van der Waals surface area contributed by atoms with Crippen LogP contribution in [0.1, 0.15) is 13.3 Å². The fraction of sp³-hybridized carbons (Fsp3) is 0.500. The van der Waals surface area contributed by atoms with Crippen LogP contribution in [0.3, 0.4) is 0 Å². The Labute approximate surface area is 113 Å². The van der Waals surface area contributed by atoms with Crippen molar-refractivity contribution in [2.45, 2.75) is 24.3 Å². The largest absolute Gasteiger partial charge is 0.327 e. The van der Waals surface area contributed by atoms with Gasteiger partial charge >= 0.3 is 0 Å². The Hall–Kier alpha value is -0.620. The first kappa shape index (κ1) is 13.8. The molecule has 1 saturated heterocycles. The summed E-state index contributed by atoms with van der Waals surface area (Å²) in [4.78, 5) is 0.287. The molecule has 0 amide bonds. The minimum absolute atomic E-state index is 0.0849. The minimum Gasteiger partial charge on any atom is -0.327 e. The van der Waals surface area contributed by atoms with Crippen molar-refractivity contribution in [1.29, 1.82) is 0 Å². The van der Waals surface area contributed by atoms with Gasteiger partial charge < -0.3 is 5.73 Å². The molecule has 2 N–H and O–H groups in total. The summed E-state index contributed by atoms with van der Waals surface area (Å²) in [5.74, 6) is 0.181. The van der Waals surface area contributed by atoms with Crippen LogP contribution < -0.4 is 5.73 Å². The van der Waals surface area contributed by atoms with Crippen LogP contribution in [0.2, 0.25) is 5.02 Å². The molecule has 1 aliphatic rings. The lowest BCUT2D eigenvalue weighted by Crippen LogP contribution is -2.48. The Kier molecular flexibility index (Phi) is 3.96. The maximum Gasteiger partial charge on any atom is 0.243 e. The molecule has 1 aromatic carbocycles.